The van der Waals surface area contributed by atoms with E-state index in [9.17, 15) is 13.2 Å². The molecule has 0 aliphatic heterocycles. The van der Waals surface area contributed by atoms with Crippen LogP contribution in [0.1, 0.15) is 79.7 Å². The van der Waals surface area contributed by atoms with Gasteiger partial charge in [0, 0.05) is 0 Å². The third-order valence-corrected chi connectivity index (χ3v) is 5.65. The van der Waals surface area contributed by atoms with Gasteiger partial charge in [-0.1, -0.05) is 61.7 Å². The highest BCUT2D eigenvalue weighted by atomic mass is 19.4. The van der Waals surface area contributed by atoms with Crippen LogP contribution in [0, 0.1) is 0 Å². The Balaban J connectivity index is 1.73. The van der Waals surface area contributed by atoms with E-state index in [1.165, 1.54) is 11.6 Å². The van der Waals surface area contributed by atoms with Crippen LogP contribution in [0.5, 0.6) is 0 Å². The summed E-state index contributed by atoms with van der Waals surface area (Å²) in [6.45, 7) is 3.93. The highest BCUT2D eigenvalue weighted by Gasteiger charge is 2.35. The van der Waals surface area contributed by atoms with Gasteiger partial charge in [-0.25, -0.2) is 0 Å². The molecule has 2 aromatic rings. The number of halogens is 3. The summed E-state index contributed by atoms with van der Waals surface area (Å²) in [4.78, 5) is 5.38. The molecule has 3 rings (SSSR count). The van der Waals surface area contributed by atoms with Crippen molar-refractivity contribution in [3.63, 3.8) is 0 Å². The van der Waals surface area contributed by atoms with Gasteiger partial charge in [0.15, 0.2) is 0 Å². The van der Waals surface area contributed by atoms with Crippen LogP contribution in [-0.4, -0.2) is 5.71 Å². The molecule has 0 spiro atoms. The number of aryl methyl sites for hydroxylation is 1. The molecule has 1 aliphatic rings. The molecule has 0 radical (unpaired) electrons. The van der Waals surface area contributed by atoms with Crippen LogP contribution in [0.3, 0.4) is 0 Å². The number of hydrogen-bond acceptors (Lipinski definition) is 2. The Morgan fingerprint density at radius 2 is 1.79 bits per heavy atom. The Kier molecular flexibility index (Phi) is 6.99. The molecule has 0 amide bonds. The van der Waals surface area contributed by atoms with E-state index in [0.717, 1.165) is 44.1 Å². The fraction of sp³-hybridized carbons (Fsp3) is 0.458. The van der Waals surface area contributed by atoms with E-state index in [0.29, 0.717) is 16.8 Å². The van der Waals surface area contributed by atoms with Gasteiger partial charge >= 0.3 is 6.18 Å². The smallest absolute Gasteiger partial charge is 0.391 e. The average Bonchev–Trinajstić information content (AvgIpc) is 2.73. The van der Waals surface area contributed by atoms with Crippen molar-refractivity contribution in [2.45, 2.75) is 71.1 Å². The van der Waals surface area contributed by atoms with E-state index in [1.54, 1.807) is 12.1 Å². The third-order valence-electron chi connectivity index (χ3n) is 5.65. The van der Waals surface area contributed by atoms with Gasteiger partial charge in [0.2, 0.25) is 0 Å². The first-order valence-corrected chi connectivity index (χ1v) is 10.3. The van der Waals surface area contributed by atoms with Gasteiger partial charge in [-0.3, -0.25) is 0 Å². The van der Waals surface area contributed by atoms with Crippen molar-refractivity contribution >= 4 is 5.71 Å². The Morgan fingerprint density at radius 1 is 1.03 bits per heavy atom. The lowest BCUT2D eigenvalue weighted by Crippen LogP contribution is -2.15. The molecule has 29 heavy (non-hydrogen) atoms. The minimum atomic E-state index is -4.36. The summed E-state index contributed by atoms with van der Waals surface area (Å²) in [5.41, 5.74) is 3.24. The summed E-state index contributed by atoms with van der Waals surface area (Å²) in [5, 5.41) is 4.10. The quantitative estimate of drug-likeness (QED) is 0.367. The first kappa shape index (κ1) is 21.4. The maximum Gasteiger partial charge on any atom is 0.416 e. The van der Waals surface area contributed by atoms with Crippen LogP contribution in [0.25, 0.3) is 0 Å². The highest BCUT2D eigenvalue weighted by molar-refractivity contribution is 5.98. The second kappa shape index (κ2) is 9.47. The lowest BCUT2D eigenvalue weighted by Gasteiger charge is -2.25. The SMILES string of the molecule is CCc1cccc(/C(C)=N/OCc2ccc(C3CCCCC3)c(C(F)(F)F)c2)c1. The van der Waals surface area contributed by atoms with Crippen molar-refractivity contribution in [2.24, 2.45) is 5.16 Å². The Morgan fingerprint density at radius 3 is 2.48 bits per heavy atom. The molecule has 2 aromatic carbocycles. The van der Waals surface area contributed by atoms with Gasteiger partial charge < -0.3 is 4.84 Å². The Bertz CT molecular complexity index is 851. The van der Waals surface area contributed by atoms with Crippen molar-refractivity contribution in [3.8, 4) is 0 Å². The van der Waals surface area contributed by atoms with Crippen molar-refractivity contribution in [1.82, 2.24) is 0 Å². The molecular weight excluding hydrogens is 375 g/mol. The van der Waals surface area contributed by atoms with Gasteiger partial charge in [0.25, 0.3) is 0 Å². The molecule has 1 saturated carbocycles. The molecule has 5 heteroatoms. The third kappa shape index (κ3) is 5.62. The largest absolute Gasteiger partial charge is 0.416 e. The van der Waals surface area contributed by atoms with E-state index >= 15 is 0 Å². The average molecular weight is 403 g/mol. The van der Waals surface area contributed by atoms with Gasteiger partial charge in [0.1, 0.15) is 6.61 Å². The molecule has 1 fully saturated rings. The van der Waals surface area contributed by atoms with Gasteiger partial charge in [-0.15, -0.1) is 0 Å². The minimum absolute atomic E-state index is 0.00134. The fourth-order valence-electron chi connectivity index (χ4n) is 3.98. The van der Waals surface area contributed by atoms with Gasteiger partial charge in [0.05, 0.1) is 11.3 Å². The van der Waals surface area contributed by atoms with Gasteiger partial charge in [-0.2, -0.15) is 13.2 Å². The lowest BCUT2D eigenvalue weighted by molar-refractivity contribution is -0.138. The van der Waals surface area contributed by atoms with E-state index in [1.807, 2.05) is 31.2 Å². The zero-order valence-corrected chi connectivity index (χ0v) is 17.1. The van der Waals surface area contributed by atoms with Crippen molar-refractivity contribution in [2.75, 3.05) is 0 Å². The molecule has 1 aliphatic carbocycles. The van der Waals surface area contributed by atoms with E-state index in [4.69, 9.17) is 4.84 Å². The predicted molar refractivity (Wildman–Crippen MR) is 110 cm³/mol. The summed E-state index contributed by atoms with van der Waals surface area (Å²) in [6.07, 6.45) is 1.35. The first-order valence-electron chi connectivity index (χ1n) is 10.3. The normalized spacial score (nSPS) is 16.1. The second-order valence-corrected chi connectivity index (χ2v) is 7.76. The summed E-state index contributed by atoms with van der Waals surface area (Å²) in [7, 11) is 0. The molecule has 0 atom stereocenters. The molecule has 0 saturated heterocycles. The van der Waals surface area contributed by atoms with Crippen molar-refractivity contribution in [3.05, 3.63) is 70.3 Å². The molecule has 0 N–H and O–H groups in total. The highest BCUT2D eigenvalue weighted by Crippen LogP contribution is 2.41. The molecule has 0 aromatic heterocycles. The zero-order valence-electron chi connectivity index (χ0n) is 17.1. The van der Waals surface area contributed by atoms with Crippen molar-refractivity contribution in [1.29, 1.82) is 0 Å². The number of benzene rings is 2. The second-order valence-electron chi connectivity index (χ2n) is 7.76. The van der Waals surface area contributed by atoms with Crippen LogP contribution in [-0.2, 0) is 24.0 Å². The molecule has 2 nitrogen and oxygen atoms in total. The van der Waals surface area contributed by atoms with E-state index in [-0.39, 0.29) is 12.5 Å². The standard InChI is InChI=1S/C24H28F3NO/c1-3-18-8-7-11-21(14-18)17(2)28-29-16-19-12-13-22(20-9-5-4-6-10-20)23(15-19)24(25,26)27/h7-8,11-15,20H,3-6,9-10,16H2,1-2H3/b28-17+. The number of rotatable bonds is 6. The fourth-order valence-corrected chi connectivity index (χ4v) is 3.98. The van der Waals surface area contributed by atoms with Crippen LogP contribution in [0.15, 0.2) is 47.6 Å². The minimum Gasteiger partial charge on any atom is -0.391 e. The van der Waals surface area contributed by atoms with Crippen LogP contribution in [0.4, 0.5) is 13.2 Å². The monoisotopic (exact) mass is 403 g/mol. The zero-order chi connectivity index (χ0) is 20.9. The molecule has 0 bridgehead atoms. The summed E-state index contributed by atoms with van der Waals surface area (Å²) in [5.74, 6) is 0.00134. The Labute approximate surface area is 170 Å². The first-order chi connectivity index (χ1) is 13.9. The summed E-state index contributed by atoms with van der Waals surface area (Å²) < 4.78 is 41.0. The maximum atomic E-state index is 13.7. The van der Waals surface area contributed by atoms with Crippen LogP contribution in [0.2, 0.25) is 0 Å². The molecule has 0 heterocycles. The van der Waals surface area contributed by atoms with Gasteiger partial charge in [-0.05, 0) is 66.5 Å². The molecule has 0 unspecified atom stereocenters. The number of hydrogen-bond donors (Lipinski definition) is 0. The van der Waals surface area contributed by atoms with Crippen molar-refractivity contribution < 1.29 is 18.0 Å². The number of oxime groups is 1. The molecule has 156 valence electrons. The van der Waals surface area contributed by atoms with E-state index in [2.05, 4.69) is 12.1 Å². The maximum absolute atomic E-state index is 13.7. The van der Waals surface area contributed by atoms with Crippen LogP contribution < -0.4 is 0 Å². The molecular formula is C24H28F3NO. The van der Waals surface area contributed by atoms with E-state index < -0.39 is 11.7 Å². The number of alkyl halides is 3. The van der Waals surface area contributed by atoms with Crippen LogP contribution >= 0.6 is 0 Å². The summed E-state index contributed by atoms with van der Waals surface area (Å²) in [6, 6.07) is 12.6. The number of nitrogens with zero attached hydrogens (tertiary/aromatic N) is 1. The summed E-state index contributed by atoms with van der Waals surface area (Å²) >= 11 is 0. The predicted octanol–water partition coefficient (Wildman–Crippen LogP) is 7.26. The Hall–Kier alpha value is -2.30. The topological polar surface area (TPSA) is 21.6 Å². The lowest BCUT2D eigenvalue weighted by atomic mass is 9.81.